The molecule has 1 heterocycles. The van der Waals surface area contributed by atoms with Crippen LogP contribution in [0.15, 0.2) is 12.3 Å². The first-order valence-electron chi connectivity index (χ1n) is 6.15. The zero-order chi connectivity index (χ0) is 13.0. The fourth-order valence-electron chi connectivity index (χ4n) is 2.34. The predicted molar refractivity (Wildman–Crippen MR) is 70.3 cm³/mol. The second-order valence-corrected chi connectivity index (χ2v) is 5.20. The predicted octanol–water partition coefficient (Wildman–Crippen LogP) is 2.12. The summed E-state index contributed by atoms with van der Waals surface area (Å²) >= 11 is 5.65. The number of carbonyl (C=O) groups excluding carboxylic acids is 1. The molecule has 3 N–H and O–H groups in total. The number of amides is 1. The summed E-state index contributed by atoms with van der Waals surface area (Å²) in [5, 5.41) is 2.82. The molecular formula is C12H17ClN4O. The van der Waals surface area contributed by atoms with Gasteiger partial charge >= 0.3 is 0 Å². The average Bonchev–Trinajstić information content (AvgIpc) is 2.28. The van der Waals surface area contributed by atoms with Crippen molar-refractivity contribution in [3.8, 4) is 0 Å². The lowest BCUT2D eigenvalue weighted by atomic mass is 9.80. The van der Waals surface area contributed by atoms with Gasteiger partial charge in [0.2, 0.25) is 11.2 Å². The van der Waals surface area contributed by atoms with Crippen LogP contribution in [0, 0.1) is 0 Å². The summed E-state index contributed by atoms with van der Waals surface area (Å²) in [7, 11) is 0. The molecule has 6 heteroatoms. The van der Waals surface area contributed by atoms with E-state index >= 15 is 0 Å². The highest BCUT2D eigenvalue weighted by molar-refractivity contribution is 6.28. The molecule has 98 valence electrons. The Hall–Kier alpha value is -1.20. The zero-order valence-corrected chi connectivity index (χ0v) is 10.9. The number of hydrogen-bond acceptors (Lipinski definition) is 4. The van der Waals surface area contributed by atoms with Crippen LogP contribution >= 0.6 is 11.6 Å². The van der Waals surface area contributed by atoms with Crippen molar-refractivity contribution in [1.29, 1.82) is 0 Å². The molecule has 0 aromatic carbocycles. The first-order chi connectivity index (χ1) is 8.57. The third-order valence-electron chi connectivity index (χ3n) is 3.26. The topological polar surface area (TPSA) is 80.9 Å². The Morgan fingerprint density at radius 2 is 2.17 bits per heavy atom. The maximum Gasteiger partial charge on any atom is 0.227 e. The van der Waals surface area contributed by atoms with E-state index in [4.69, 9.17) is 17.3 Å². The standard InChI is InChI=1S/C12H17ClN4O/c13-11-15-7-4-9(17-11)16-10(18)8-12(14)5-2-1-3-6-12/h4,7H,1-3,5-6,8,14H2,(H,15,16,17,18). The third-order valence-corrected chi connectivity index (χ3v) is 3.44. The highest BCUT2D eigenvalue weighted by Gasteiger charge is 2.30. The highest BCUT2D eigenvalue weighted by Crippen LogP contribution is 2.28. The van der Waals surface area contributed by atoms with E-state index in [1.807, 2.05) is 0 Å². The maximum atomic E-state index is 11.9. The van der Waals surface area contributed by atoms with Crippen molar-refractivity contribution in [3.63, 3.8) is 0 Å². The summed E-state index contributed by atoms with van der Waals surface area (Å²) in [6, 6.07) is 1.61. The van der Waals surface area contributed by atoms with E-state index in [1.165, 1.54) is 12.6 Å². The number of rotatable bonds is 3. The monoisotopic (exact) mass is 268 g/mol. The molecule has 0 bridgehead atoms. The van der Waals surface area contributed by atoms with Gasteiger partial charge < -0.3 is 11.1 Å². The van der Waals surface area contributed by atoms with Crippen molar-refractivity contribution in [2.45, 2.75) is 44.1 Å². The number of carbonyl (C=O) groups is 1. The summed E-state index contributed by atoms with van der Waals surface area (Å²) < 4.78 is 0. The lowest BCUT2D eigenvalue weighted by Gasteiger charge is -2.32. The van der Waals surface area contributed by atoms with Gasteiger partial charge in [0.05, 0.1) is 0 Å². The first kappa shape index (κ1) is 13.2. The summed E-state index contributed by atoms with van der Waals surface area (Å²) in [6.07, 6.45) is 7.06. The molecule has 0 saturated heterocycles. The van der Waals surface area contributed by atoms with Crippen LogP contribution in [-0.2, 0) is 4.79 Å². The minimum Gasteiger partial charge on any atom is -0.325 e. The smallest absolute Gasteiger partial charge is 0.227 e. The Bertz CT molecular complexity index is 432. The van der Waals surface area contributed by atoms with Gasteiger partial charge in [-0.1, -0.05) is 19.3 Å². The van der Waals surface area contributed by atoms with Crippen LogP contribution in [0.4, 0.5) is 5.82 Å². The number of anilines is 1. The van der Waals surface area contributed by atoms with E-state index in [0.29, 0.717) is 12.2 Å². The lowest BCUT2D eigenvalue weighted by Crippen LogP contribution is -2.44. The van der Waals surface area contributed by atoms with Crippen molar-refractivity contribution in [2.75, 3.05) is 5.32 Å². The van der Waals surface area contributed by atoms with Crippen LogP contribution in [-0.4, -0.2) is 21.4 Å². The fraction of sp³-hybridized carbons (Fsp3) is 0.583. The third kappa shape index (κ3) is 3.65. The van der Waals surface area contributed by atoms with Crippen LogP contribution in [0.3, 0.4) is 0 Å². The Morgan fingerprint density at radius 3 is 2.83 bits per heavy atom. The molecule has 1 aromatic heterocycles. The van der Waals surface area contributed by atoms with Crippen molar-refractivity contribution < 1.29 is 4.79 Å². The molecule has 1 fully saturated rings. The van der Waals surface area contributed by atoms with Gasteiger partial charge in [-0.2, -0.15) is 0 Å². The van der Waals surface area contributed by atoms with E-state index in [0.717, 1.165) is 25.7 Å². The summed E-state index contributed by atoms with van der Waals surface area (Å²) in [6.45, 7) is 0. The van der Waals surface area contributed by atoms with E-state index in [-0.39, 0.29) is 16.7 Å². The van der Waals surface area contributed by atoms with Gasteiger partial charge in [-0.15, -0.1) is 0 Å². The molecule has 0 unspecified atom stereocenters. The van der Waals surface area contributed by atoms with Gasteiger partial charge in [0.1, 0.15) is 5.82 Å². The van der Waals surface area contributed by atoms with Gasteiger partial charge in [-0.25, -0.2) is 9.97 Å². The van der Waals surface area contributed by atoms with E-state index < -0.39 is 0 Å². The Kier molecular flexibility index (Phi) is 4.14. The second kappa shape index (κ2) is 5.63. The lowest BCUT2D eigenvalue weighted by molar-refractivity contribution is -0.117. The summed E-state index contributed by atoms with van der Waals surface area (Å²) in [5.74, 6) is 0.300. The van der Waals surface area contributed by atoms with Gasteiger partial charge in [0, 0.05) is 18.2 Å². The molecule has 1 amide bonds. The molecule has 0 spiro atoms. The molecule has 0 aliphatic heterocycles. The second-order valence-electron chi connectivity index (χ2n) is 4.86. The van der Waals surface area contributed by atoms with Gasteiger partial charge in [0.15, 0.2) is 0 Å². The average molecular weight is 269 g/mol. The van der Waals surface area contributed by atoms with Crippen LogP contribution in [0.2, 0.25) is 5.28 Å². The zero-order valence-electron chi connectivity index (χ0n) is 10.2. The molecule has 1 aromatic rings. The molecule has 5 nitrogen and oxygen atoms in total. The van der Waals surface area contributed by atoms with Gasteiger partial charge in [-0.05, 0) is 30.5 Å². The molecule has 0 atom stereocenters. The number of nitrogens with one attached hydrogen (secondary N) is 1. The number of halogens is 1. The molecular weight excluding hydrogens is 252 g/mol. The maximum absolute atomic E-state index is 11.9. The summed E-state index contributed by atoms with van der Waals surface area (Å²) in [4.78, 5) is 19.6. The Labute approximate surface area is 111 Å². The fourth-order valence-corrected chi connectivity index (χ4v) is 2.49. The number of nitrogens with zero attached hydrogens (tertiary/aromatic N) is 2. The number of aromatic nitrogens is 2. The van der Waals surface area contributed by atoms with Crippen LogP contribution in [0.25, 0.3) is 0 Å². The molecule has 0 radical (unpaired) electrons. The largest absolute Gasteiger partial charge is 0.325 e. The summed E-state index contributed by atoms with van der Waals surface area (Å²) in [5.41, 5.74) is 5.86. The van der Waals surface area contributed by atoms with Gasteiger partial charge in [-0.3, -0.25) is 4.79 Å². The minimum absolute atomic E-state index is 0.117. The van der Waals surface area contributed by atoms with Crippen LogP contribution < -0.4 is 11.1 Å². The molecule has 18 heavy (non-hydrogen) atoms. The number of hydrogen-bond donors (Lipinski definition) is 2. The molecule has 1 saturated carbocycles. The Morgan fingerprint density at radius 1 is 1.44 bits per heavy atom. The molecule has 1 aliphatic carbocycles. The highest BCUT2D eigenvalue weighted by atomic mass is 35.5. The van der Waals surface area contributed by atoms with Crippen molar-refractivity contribution in [3.05, 3.63) is 17.5 Å². The van der Waals surface area contributed by atoms with Crippen LogP contribution in [0.5, 0.6) is 0 Å². The minimum atomic E-state index is -0.362. The quantitative estimate of drug-likeness (QED) is 0.823. The number of nitrogens with two attached hydrogens (primary N) is 1. The van der Waals surface area contributed by atoms with E-state index in [9.17, 15) is 4.79 Å². The molecule has 2 rings (SSSR count). The van der Waals surface area contributed by atoms with Crippen molar-refractivity contribution in [2.24, 2.45) is 5.73 Å². The normalized spacial score (nSPS) is 18.3. The molecule has 1 aliphatic rings. The SMILES string of the molecule is NC1(CC(=O)Nc2ccnc(Cl)n2)CCCCC1. The first-order valence-corrected chi connectivity index (χ1v) is 6.52. The van der Waals surface area contributed by atoms with Crippen LogP contribution in [0.1, 0.15) is 38.5 Å². The van der Waals surface area contributed by atoms with Gasteiger partial charge in [0.25, 0.3) is 0 Å². The Balaban J connectivity index is 1.92. The van der Waals surface area contributed by atoms with Crippen molar-refractivity contribution >= 4 is 23.3 Å². The van der Waals surface area contributed by atoms with E-state index in [2.05, 4.69) is 15.3 Å². The van der Waals surface area contributed by atoms with Crippen molar-refractivity contribution in [1.82, 2.24) is 9.97 Å². The van der Waals surface area contributed by atoms with E-state index in [1.54, 1.807) is 6.07 Å².